The van der Waals surface area contributed by atoms with Crippen molar-refractivity contribution in [2.45, 2.75) is 90.5 Å². The first-order chi connectivity index (χ1) is 27.0. The summed E-state index contributed by atoms with van der Waals surface area (Å²) in [6.07, 6.45) is 8.88. The number of H-pyrrole nitrogens is 2. The fourth-order valence-corrected chi connectivity index (χ4v) is 7.69. The molecule has 1 aliphatic heterocycles. The smallest absolute Gasteiger partial charge is 0.410 e. The molecule has 56 heavy (non-hydrogen) atoms. The van der Waals surface area contributed by atoms with Crippen LogP contribution in [-0.4, -0.2) is 49.2 Å². The van der Waals surface area contributed by atoms with Crippen LogP contribution in [0.4, 0.5) is 9.59 Å². The molecule has 2 aliphatic rings. The Hall–Kier alpha value is -5.90. The van der Waals surface area contributed by atoms with Crippen LogP contribution in [0.25, 0.3) is 44.4 Å². The first-order valence-corrected chi connectivity index (χ1v) is 19.8. The van der Waals surface area contributed by atoms with Gasteiger partial charge < -0.3 is 24.8 Å². The number of alkyl carbamates (subject to hydrolysis) is 1. The van der Waals surface area contributed by atoms with E-state index in [2.05, 4.69) is 87.9 Å². The van der Waals surface area contributed by atoms with Crippen LogP contribution in [0.3, 0.4) is 0 Å². The number of nitrogens with zero attached hydrogens (tertiary/aromatic N) is 3. The molecule has 1 saturated carbocycles. The van der Waals surface area contributed by atoms with E-state index in [0.29, 0.717) is 5.82 Å². The minimum absolute atomic E-state index is 0.116. The molecule has 2 atom stereocenters. The van der Waals surface area contributed by atoms with E-state index in [1.807, 2.05) is 68.4 Å². The van der Waals surface area contributed by atoms with Crippen LogP contribution < -0.4 is 5.32 Å². The highest BCUT2D eigenvalue weighted by Gasteiger charge is 2.55. The lowest BCUT2D eigenvalue weighted by atomic mass is 9.98. The number of fused-ring (bicyclic) bond motifs is 1. The molecule has 2 aromatic heterocycles. The zero-order chi connectivity index (χ0) is 38.9. The van der Waals surface area contributed by atoms with Gasteiger partial charge in [0.15, 0.2) is 0 Å². The number of hydrogen-bond donors (Lipinski definition) is 3. The van der Waals surface area contributed by atoms with E-state index in [4.69, 9.17) is 14.5 Å². The van der Waals surface area contributed by atoms with Gasteiger partial charge in [-0.2, -0.15) is 0 Å². The van der Waals surface area contributed by atoms with Gasteiger partial charge in [0.25, 0.3) is 0 Å². The van der Waals surface area contributed by atoms with Crippen LogP contribution in [0.15, 0.2) is 103 Å². The van der Waals surface area contributed by atoms with Crippen molar-refractivity contribution >= 4 is 23.0 Å². The maximum absolute atomic E-state index is 13.1. The highest BCUT2D eigenvalue weighted by Crippen LogP contribution is 2.58. The number of carbonyl (C=O) groups is 2. The fraction of sp³-hybridized carbons (Fsp3) is 0.348. The molecule has 0 radical (unpaired) electrons. The molecule has 8 rings (SSSR count). The van der Waals surface area contributed by atoms with Gasteiger partial charge in [-0.1, -0.05) is 98.6 Å². The summed E-state index contributed by atoms with van der Waals surface area (Å²) in [7, 11) is 0. The monoisotopic (exact) mass is 750 g/mol. The minimum atomic E-state index is -0.546. The Labute approximate surface area is 328 Å². The summed E-state index contributed by atoms with van der Waals surface area (Å²) in [6, 6.07) is 30.7. The Morgan fingerprint density at radius 3 is 2.23 bits per heavy atom. The van der Waals surface area contributed by atoms with Gasteiger partial charge in [0.2, 0.25) is 0 Å². The van der Waals surface area contributed by atoms with Gasteiger partial charge in [0, 0.05) is 12.1 Å². The van der Waals surface area contributed by atoms with Crippen molar-refractivity contribution in [3.63, 3.8) is 0 Å². The zero-order valence-corrected chi connectivity index (χ0v) is 32.6. The molecule has 3 N–H and O–H groups in total. The second-order valence-electron chi connectivity index (χ2n) is 16.4. The number of nitrogens with one attached hydrogen (secondary N) is 3. The lowest BCUT2D eigenvalue weighted by Gasteiger charge is -2.27. The summed E-state index contributed by atoms with van der Waals surface area (Å²) in [4.78, 5) is 44.2. The van der Waals surface area contributed by atoms with Crippen molar-refractivity contribution in [2.24, 2.45) is 5.41 Å². The van der Waals surface area contributed by atoms with Gasteiger partial charge in [-0.15, -0.1) is 0 Å². The Balaban J connectivity index is 0.935. The molecule has 0 unspecified atom stereocenters. The number of imidazole rings is 2. The predicted octanol–water partition coefficient (Wildman–Crippen LogP) is 10.9. The van der Waals surface area contributed by atoms with Crippen LogP contribution in [0.1, 0.15) is 95.5 Å². The Bertz CT molecular complexity index is 2320. The quantitative estimate of drug-likeness (QED) is 0.121. The minimum Gasteiger partial charge on any atom is -0.445 e. The molecule has 1 saturated heterocycles. The van der Waals surface area contributed by atoms with E-state index in [1.165, 1.54) is 0 Å². The van der Waals surface area contributed by atoms with Crippen molar-refractivity contribution in [2.75, 3.05) is 6.54 Å². The van der Waals surface area contributed by atoms with Crippen LogP contribution >= 0.6 is 0 Å². The van der Waals surface area contributed by atoms with E-state index in [0.717, 1.165) is 101 Å². The number of likely N-dealkylation sites (tertiary alicyclic amines) is 1. The summed E-state index contributed by atoms with van der Waals surface area (Å²) in [5, 5.41) is 5.27. The Kier molecular flexibility index (Phi) is 10.1. The van der Waals surface area contributed by atoms with Gasteiger partial charge in [-0.25, -0.2) is 19.6 Å². The standard InChI is InChI=1S/C46H50N6O4/c1-5-6-12-37(51-43(53)55-28-30-10-8-7-9-11-30)41-47-27-39(49-41)36-20-19-34-23-33(17-18-35(34)24-36)31-13-15-32(16-14-31)38-26-48-42(50-38)40-25-46(21-22-46)29-52(40)44(54)56-45(2,3)4/h7-11,13-20,23-24,26-27,37,40H,5-6,12,21-22,25,28-29H2,1-4H3,(H,47,49)(H,48,50)(H,51,53)/t37-,40-/m0/s1. The number of aromatic nitrogens is 4. The topological polar surface area (TPSA) is 125 Å². The van der Waals surface area contributed by atoms with Gasteiger partial charge in [-0.05, 0) is 97.0 Å². The van der Waals surface area contributed by atoms with Crippen LogP contribution in [0, 0.1) is 5.41 Å². The van der Waals surface area contributed by atoms with Gasteiger partial charge in [-0.3, -0.25) is 4.90 Å². The molecular weight excluding hydrogens is 701 g/mol. The maximum atomic E-state index is 13.1. The number of unbranched alkanes of at least 4 members (excludes halogenated alkanes) is 1. The van der Waals surface area contributed by atoms with Gasteiger partial charge >= 0.3 is 12.2 Å². The van der Waals surface area contributed by atoms with Crippen molar-refractivity contribution in [1.82, 2.24) is 30.2 Å². The number of benzene rings is 4. The molecule has 10 heteroatoms. The molecule has 0 bridgehead atoms. The van der Waals surface area contributed by atoms with E-state index in [-0.39, 0.29) is 30.2 Å². The summed E-state index contributed by atoms with van der Waals surface area (Å²) < 4.78 is 11.3. The number of hydrogen-bond acceptors (Lipinski definition) is 6. The highest BCUT2D eigenvalue weighted by molar-refractivity contribution is 5.90. The third-order valence-corrected chi connectivity index (χ3v) is 11.0. The second-order valence-corrected chi connectivity index (χ2v) is 16.4. The van der Waals surface area contributed by atoms with E-state index < -0.39 is 11.7 Å². The molecule has 6 aromatic rings. The average molecular weight is 751 g/mol. The molecule has 1 spiro atoms. The second kappa shape index (κ2) is 15.3. The highest BCUT2D eigenvalue weighted by atomic mass is 16.6. The van der Waals surface area contributed by atoms with Crippen molar-refractivity contribution in [1.29, 1.82) is 0 Å². The van der Waals surface area contributed by atoms with Gasteiger partial charge in [0.05, 0.1) is 35.9 Å². The maximum Gasteiger partial charge on any atom is 0.410 e. The molecule has 10 nitrogen and oxygen atoms in total. The van der Waals surface area contributed by atoms with Gasteiger partial charge in [0.1, 0.15) is 23.9 Å². The SMILES string of the molecule is CCCC[C@H](NC(=O)OCc1ccccc1)c1ncc(-c2ccc3cc(-c4ccc(-c5cnc([C@@H]6CC7(CC7)CN6C(=O)OC(C)(C)C)[nH]5)cc4)ccc3c2)[nH]1. The fourth-order valence-electron chi connectivity index (χ4n) is 7.69. The van der Waals surface area contributed by atoms with Crippen molar-refractivity contribution < 1.29 is 19.1 Å². The number of aromatic amines is 2. The molecule has 2 amide bonds. The molecule has 2 fully saturated rings. The Morgan fingerprint density at radius 1 is 0.857 bits per heavy atom. The van der Waals surface area contributed by atoms with E-state index in [9.17, 15) is 9.59 Å². The third kappa shape index (κ3) is 8.34. The number of carbonyl (C=O) groups excluding carboxylic acids is 2. The van der Waals surface area contributed by atoms with E-state index >= 15 is 0 Å². The lowest BCUT2D eigenvalue weighted by molar-refractivity contribution is 0.0212. The number of amides is 2. The molecule has 4 aromatic carbocycles. The predicted molar refractivity (Wildman–Crippen MR) is 219 cm³/mol. The summed E-state index contributed by atoms with van der Waals surface area (Å²) in [6.45, 7) is 8.79. The summed E-state index contributed by atoms with van der Waals surface area (Å²) in [5.74, 6) is 1.52. The number of ether oxygens (including phenoxy) is 2. The molecule has 1 aliphatic carbocycles. The molecular formula is C46H50N6O4. The third-order valence-electron chi connectivity index (χ3n) is 11.0. The molecule has 288 valence electrons. The Morgan fingerprint density at radius 2 is 1.52 bits per heavy atom. The van der Waals surface area contributed by atoms with Crippen molar-refractivity contribution in [3.8, 4) is 33.6 Å². The van der Waals surface area contributed by atoms with Crippen LogP contribution in [0.2, 0.25) is 0 Å². The normalized spacial score (nSPS) is 16.6. The largest absolute Gasteiger partial charge is 0.445 e. The summed E-state index contributed by atoms with van der Waals surface area (Å²) in [5.41, 5.74) is 6.72. The lowest BCUT2D eigenvalue weighted by Crippen LogP contribution is -2.37. The first-order valence-electron chi connectivity index (χ1n) is 19.8. The first kappa shape index (κ1) is 37.0. The van der Waals surface area contributed by atoms with Crippen LogP contribution in [-0.2, 0) is 16.1 Å². The summed E-state index contributed by atoms with van der Waals surface area (Å²) >= 11 is 0. The van der Waals surface area contributed by atoms with Crippen LogP contribution in [0.5, 0.6) is 0 Å². The van der Waals surface area contributed by atoms with E-state index in [1.54, 1.807) is 0 Å². The zero-order valence-electron chi connectivity index (χ0n) is 32.6. The number of rotatable bonds is 11. The molecule has 3 heterocycles. The average Bonchev–Trinajstić information content (AvgIpc) is 3.54. The van der Waals surface area contributed by atoms with Crippen molar-refractivity contribution in [3.05, 3.63) is 121 Å².